The van der Waals surface area contributed by atoms with Crippen LogP contribution in [0.5, 0.6) is 0 Å². The summed E-state index contributed by atoms with van der Waals surface area (Å²) in [5.74, 6) is -0.364. The second kappa shape index (κ2) is 9.02. The molecule has 32 heavy (non-hydrogen) atoms. The molecular weight excluding hydrogens is 415 g/mol. The van der Waals surface area contributed by atoms with Gasteiger partial charge in [-0.2, -0.15) is 13.2 Å². The number of carbonyl (C=O) groups is 1. The van der Waals surface area contributed by atoms with E-state index in [1.807, 2.05) is 12.1 Å². The molecule has 7 heteroatoms. The van der Waals surface area contributed by atoms with Crippen molar-refractivity contribution in [2.75, 3.05) is 10.6 Å². The summed E-state index contributed by atoms with van der Waals surface area (Å²) in [5, 5.41) is 7.31. The average Bonchev–Trinajstić information content (AvgIpc) is 3.57. The quantitative estimate of drug-likeness (QED) is 0.417. The van der Waals surface area contributed by atoms with Gasteiger partial charge in [0.05, 0.1) is 11.1 Å². The van der Waals surface area contributed by atoms with Crippen LogP contribution in [-0.4, -0.2) is 16.9 Å². The zero-order valence-electron chi connectivity index (χ0n) is 17.7. The van der Waals surface area contributed by atoms with Crippen molar-refractivity contribution >= 4 is 34.3 Å². The molecule has 1 saturated carbocycles. The van der Waals surface area contributed by atoms with Gasteiger partial charge in [0.2, 0.25) is 5.91 Å². The molecule has 1 heterocycles. The minimum atomic E-state index is -4.38. The van der Waals surface area contributed by atoms with E-state index in [0.717, 1.165) is 60.1 Å². The van der Waals surface area contributed by atoms with Crippen molar-refractivity contribution in [3.63, 3.8) is 0 Å². The number of amides is 1. The lowest BCUT2D eigenvalue weighted by Gasteiger charge is -2.13. The zero-order chi connectivity index (χ0) is 22.7. The van der Waals surface area contributed by atoms with Gasteiger partial charge in [-0.1, -0.05) is 25.5 Å². The highest BCUT2D eigenvalue weighted by atomic mass is 19.4. The number of nitrogens with one attached hydrogen (secondary N) is 2. The van der Waals surface area contributed by atoms with Crippen LogP contribution in [0.1, 0.15) is 43.0 Å². The topological polar surface area (TPSA) is 54.0 Å². The fourth-order valence-corrected chi connectivity index (χ4v) is 3.45. The number of fused-ring (bicyclic) bond motifs is 1. The van der Waals surface area contributed by atoms with Crippen molar-refractivity contribution in [2.24, 2.45) is 0 Å². The molecule has 0 radical (unpaired) electrons. The molecule has 0 atom stereocenters. The molecule has 1 fully saturated rings. The minimum absolute atomic E-state index is 0.364. The van der Waals surface area contributed by atoms with E-state index in [9.17, 15) is 18.0 Å². The Morgan fingerprint density at radius 1 is 1.12 bits per heavy atom. The molecule has 0 saturated heterocycles. The van der Waals surface area contributed by atoms with Gasteiger partial charge in [-0.25, -0.2) is 0 Å². The SMILES string of the molecule is CCCc1cc(NC2CC2)c2cc(NC(=O)/C=C/c3ccc(C(F)(F)F)cc3)ccc2n1. The number of halogens is 3. The van der Waals surface area contributed by atoms with E-state index < -0.39 is 11.7 Å². The number of alkyl halides is 3. The maximum Gasteiger partial charge on any atom is 0.416 e. The standard InChI is InChI=1S/C25H24F3N3O/c1-2-3-19-15-23(29-18-9-10-18)21-14-20(11-12-22(21)30-19)31-24(32)13-6-16-4-7-17(8-5-16)25(26,27)28/h4-8,11-15,18H,2-3,9-10H2,1H3,(H,29,30)(H,31,32)/b13-6+. The van der Waals surface area contributed by atoms with Crippen molar-refractivity contribution in [1.29, 1.82) is 0 Å². The fraction of sp³-hybridized carbons (Fsp3) is 0.280. The molecule has 1 aliphatic carbocycles. The summed E-state index contributed by atoms with van der Waals surface area (Å²) in [6.07, 6.45) is 2.63. The van der Waals surface area contributed by atoms with E-state index in [4.69, 9.17) is 4.98 Å². The third-order valence-corrected chi connectivity index (χ3v) is 5.24. The highest BCUT2D eigenvalue weighted by Crippen LogP contribution is 2.32. The van der Waals surface area contributed by atoms with Gasteiger partial charge in [0.25, 0.3) is 0 Å². The number of rotatable bonds is 7. The number of aromatic nitrogens is 1. The van der Waals surface area contributed by atoms with E-state index in [2.05, 4.69) is 23.6 Å². The Hall–Kier alpha value is -3.35. The van der Waals surface area contributed by atoms with E-state index in [1.165, 1.54) is 24.3 Å². The molecule has 4 nitrogen and oxygen atoms in total. The van der Waals surface area contributed by atoms with Crippen LogP contribution in [0.25, 0.3) is 17.0 Å². The number of hydrogen-bond acceptors (Lipinski definition) is 3. The van der Waals surface area contributed by atoms with Gasteiger partial charge in [0, 0.05) is 34.6 Å². The minimum Gasteiger partial charge on any atom is -0.382 e. The van der Waals surface area contributed by atoms with Crippen molar-refractivity contribution in [2.45, 2.75) is 44.8 Å². The van der Waals surface area contributed by atoms with Crippen molar-refractivity contribution in [3.8, 4) is 0 Å². The zero-order valence-corrected chi connectivity index (χ0v) is 17.7. The lowest BCUT2D eigenvalue weighted by atomic mass is 10.1. The Morgan fingerprint density at radius 3 is 2.53 bits per heavy atom. The monoisotopic (exact) mass is 439 g/mol. The summed E-state index contributed by atoms with van der Waals surface area (Å²) in [7, 11) is 0. The van der Waals surface area contributed by atoms with Gasteiger partial charge >= 0.3 is 6.18 Å². The van der Waals surface area contributed by atoms with Crippen LogP contribution >= 0.6 is 0 Å². The van der Waals surface area contributed by atoms with E-state index in [1.54, 1.807) is 6.07 Å². The van der Waals surface area contributed by atoms with Gasteiger partial charge in [-0.3, -0.25) is 9.78 Å². The molecule has 166 valence electrons. The summed E-state index contributed by atoms with van der Waals surface area (Å²) in [5.41, 5.74) is 3.36. The van der Waals surface area contributed by atoms with Crippen LogP contribution in [-0.2, 0) is 17.4 Å². The Morgan fingerprint density at radius 2 is 1.88 bits per heavy atom. The first kappa shape index (κ1) is 21.9. The van der Waals surface area contributed by atoms with Gasteiger partial charge < -0.3 is 10.6 Å². The second-order valence-corrected chi connectivity index (χ2v) is 8.00. The smallest absolute Gasteiger partial charge is 0.382 e. The molecule has 0 spiro atoms. The third-order valence-electron chi connectivity index (χ3n) is 5.24. The number of carbonyl (C=O) groups excluding carboxylic acids is 1. The number of nitrogens with zero attached hydrogens (tertiary/aromatic N) is 1. The molecule has 1 aliphatic rings. The lowest BCUT2D eigenvalue weighted by Crippen LogP contribution is -2.08. The molecular formula is C25H24F3N3O. The van der Waals surface area contributed by atoms with Crippen LogP contribution in [0, 0.1) is 0 Å². The van der Waals surface area contributed by atoms with Gasteiger partial charge in [0.1, 0.15) is 0 Å². The highest BCUT2D eigenvalue weighted by Gasteiger charge is 2.29. The fourth-order valence-electron chi connectivity index (χ4n) is 3.45. The Labute approximate surface area is 184 Å². The van der Waals surface area contributed by atoms with E-state index in [0.29, 0.717) is 17.3 Å². The number of hydrogen-bond donors (Lipinski definition) is 2. The predicted octanol–water partition coefficient (Wildman–Crippen LogP) is 6.43. The number of anilines is 2. The third kappa shape index (κ3) is 5.46. The predicted molar refractivity (Wildman–Crippen MR) is 121 cm³/mol. The summed E-state index contributed by atoms with van der Waals surface area (Å²) >= 11 is 0. The summed E-state index contributed by atoms with van der Waals surface area (Å²) in [6.45, 7) is 2.12. The van der Waals surface area contributed by atoms with Gasteiger partial charge in [-0.05, 0) is 67.3 Å². The average molecular weight is 439 g/mol. The largest absolute Gasteiger partial charge is 0.416 e. The van der Waals surface area contributed by atoms with Crippen LogP contribution in [0.3, 0.4) is 0 Å². The molecule has 2 N–H and O–H groups in total. The number of pyridine rings is 1. The maximum absolute atomic E-state index is 12.7. The Bertz CT molecular complexity index is 1150. The molecule has 2 aromatic carbocycles. The first-order valence-electron chi connectivity index (χ1n) is 10.7. The van der Waals surface area contributed by atoms with Crippen molar-refractivity contribution in [3.05, 3.63) is 71.4 Å². The summed E-state index contributed by atoms with van der Waals surface area (Å²) in [6, 6.07) is 12.8. The van der Waals surface area contributed by atoms with E-state index in [-0.39, 0.29) is 5.91 Å². The van der Waals surface area contributed by atoms with Crippen molar-refractivity contribution < 1.29 is 18.0 Å². The van der Waals surface area contributed by atoms with Crippen LogP contribution < -0.4 is 10.6 Å². The van der Waals surface area contributed by atoms with Gasteiger partial charge in [-0.15, -0.1) is 0 Å². The van der Waals surface area contributed by atoms with Gasteiger partial charge in [0.15, 0.2) is 0 Å². The number of benzene rings is 2. The molecule has 1 aromatic heterocycles. The first-order valence-corrected chi connectivity index (χ1v) is 10.7. The molecule has 0 aliphatic heterocycles. The molecule has 0 bridgehead atoms. The summed E-state index contributed by atoms with van der Waals surface area (Å²) in [4.78, 5) is 17.1. The Kier molecular flexibility index (Phi) is 6.17. The second-order valence-electron chi connectivity index (χ2n) is 8.00. The lowest BCUT2D eigenvalue weighted by molar-refractivity contribution is -0.137. The van der Waals surface area contributed by atoms with Crippen LogP contribution in [0.4, 0.5) is 24.5 Å². The van der Waals surface area contributed by atoms with E-state index >= 15 is 0 Å². The van der Waals surface area contributed by atoms with Crippen molar-refractivity contribution in [1.82, 2.24) is 4.98 Å². The molecule has 3 aromatic rings. The Balaban J connectivity index is 1.50. The highest BCUT2D eigenvalue weighted by molar-refractivity contribution is 6.04. The maximum atomic E-state index is 12.7. The molecule has 0 unspecified atom stereocenters. The summed E-state index contributed by atoms with van der Waals surface area (Å²) < 4.78 is 38.0. The normalized spacial score (nSPS) is 14.1. The van der Waals surface area contributed by atoms with Crippen LogP contribution in [0.2, 0.25) is 0 Å². The molecule has 4 rings (SSSR count). The molecule has 1 amide bonds. The van der Waals surface area contributed by atoms with Crippen LogP contribution in [0.15, 0.2) is 54.6 Å². The number of aryl methyl sites for hydroxylation is 1. The first-order chi connectivity index (χ1) is 15.3.